The molecule has 0 spiro atoms. The van der Waals surface area contributed by atoms with E-state index in [-0.39, 0.29) is 6.10 Å². The van der Waals surface area contributed by atoms with E-state index in [1.54, 1.807) is 7.11 Å². The first-order valence-corrected chi connectivity index (χ1v) is 8.16. The van der Waals surface area contributed by atoms with E-state index >= 15 is 0 Å². The summed E-state index contributed by atoms with van der Waals surface area (Å²) < 4.78 is 11.7. The lowest BCUT2D eigenvalue weighted by Crippen LogP contribution is -2.29. The van der Waals surface area contributed by atoms with Crippen molar-refractivity contribution in [2.24, 2.45) is 17.6 Å². The van der Waals surface area contributed by atoms with Crippen LogP contribution in [0.2, 0.25) is 5.02 Å². The van der Waals surface area contributed by atoms with Crippen LogP contribution in [0, 0.1) is 11.8 Å². The molecule has 1 saturated carbocycles. The molecule has 0 heterocycles. The number of hydrogen-bond acceptors (Lipinski definition) is 3. The molecular formula is C17H26ClNO2. The van der Waals surface area contributed by atoms with Gasteiger partial charge in [-0.1, -0.05) is 25.4 Å². The standard InChI is InChI=1S/C17H26ClNO2/c1-11-4-5-15(8-12(11)2)21-17-13(6-7-19)9-14(18)10-16(17)20-3/h9-12,15H,4-8,19H2,1-3H3. The molecule has 118 valence electrons. The van der Waals surface area contributed by atoms with Gasteiger partial charge in [0.05, 0.1) is 13.2 Å². The Kier molecular flexibility index (Phi) is 5.77. The zero-order chi connectivity index (χ0) is 15.4. The second kappa shape index (κ2) is 7.37. The highest BCUT2D eigenvalue weighted by Gasteiger charge is 2.27. The van der Waals surface area contributed by atoms with Crippen LogP contribution in [0.25, 0.3) is 0 Å². The van der Waals surface area contributed by atoms with E-state index in [0.29, 0.717) is 23.2 Å². The molecule has 1 aliphatic carbocycles. The van der Waals surface area contributed by atoms with Crippen LogP contribution in [0.4, 0.5) is 0 Å². The third-order valence-corrected chi connectivity index (χ3v) is 4.78. The number of halogens is 1. The summed E-state index contributed by atoms with van der Waals surface area (Å²) >= 11 is 6.15. The highest BCUT2D eigenvalue weighted by atomic mass is 35.5. The predicted molar refractivity (Wildman–Crippen MR) is 87.4 cm³/mol. The molecule has 2 N–H and O–H groups in total. The summed E-state index contributed by atoms with van der Waals surface area (Å²) in [5.74, 6) is 3.00. The topological polar surface area (TPSA) is 44.5 Å². The fourth-order valence-electron chi connectivity index (χ4n) is 3.02. The van der Waals surface area contributed by atoms with Crippen LogP contribution in [0.3, 0.4) is 0 Å². The quantitative estimate of drug-likeness (QED) is 0.892. The third kappa shape index (κ3) is 4.04. The maximum Gasteiger partial charge on any atom is 0.164 e. The van der Waals surface area contributed by atoms with E-state index in [9.17, 15) is 0 Å². The Morgan fingerprint density at radius 1 is 1.24 bits per heavy atom. The number of methoxy groups -OCH3 is 1. The summed E-state index contributed by atoms with van der Waals surface area (Å²) in [4.78, 5) is 0. The van der Waals surface area contributed by atoms with Crippen LogP contribution < -0.4 is 15.2 Å². The van der Waals surface area contributed by atoms with Crippen LogP contribution in [0.15, 0.2) is 12.1 Å². The van der Waals surface area contributed by atoms with Crippen molar-refractivity contribution in [1.82, 2.24) is 0 Å². The third-order valence-electron chi connectivity index (χ3n) is 4.56. The Morgan fingerprint density at radius 3 is 2.62 bits per heavy atom. The lowest BCUT2D eigenvalue weighted by molar-refractivity contribution is 0.0967. The van der Waals surface area contributed by atoms with Crippen molar-refractivity contribution in [2.75, 3.05) is 13.7 Å². The maximum absolute atomic E-state index is 6.30. The molecule has 0 saturated heterocycles. The average Bonchev–Trinajstić information content (AvgIpc) is 2.45. The van der Waals surface area contributed by atoms with Gasteiger partial charge in [0.2, 0.25) is 0 Å². The molecule has 2 rings (SSSR count). The number of hydrogen-bond donors (Lipinski definition) is 1. The second-order valence-corrected chi connectivity index (χ2v) is 6.58. The molecule has 1 aliphatic rings. The van der Waals surface area contributed by atoms with Crippen LogP contribution in [-0.2, 0) is 6.42 Å². The Hall–Kier alpha value is -0.930. The summed E-state index contributed by atoms with van der Waals surface area (Å²) in [7, 11) is 1.65. The van der Waals surface area contributed by atoms with Crippen molar-refractivity contribution in [2.45, 2.75) is 45.6 Å². The molecule has 4 heteroatoms. The largest absolute Gasteiger partial charge is 0.493 e. The summed E-state index contributed by atoms with van der Waals surface area (Å²) in [6.07, 6.45) is 4.40. The van der Waals surface area contributed by atoms with Gasteiger partial charge in [0.15, 0.2) is 11.5 Å². The molecule has 3 nitrogen and oxygen atoms in total. The molecule has 0 radical (unpaired) electrons. The van der Waals surface area contributed by atoms with Crippen molar-refractivity contribution >= 4 is 11.6 Å². The summed E-state index contributed by atoms with van der Waals surface area (Å²) in [6.45, 7) is 5.20. The van der Waals surface area contributed by atoms with E-state index in [2.05, 4.69) is 13.8 Å². The van der Waals surface area contributed by atoms with E-state index in [1.807, 2.05) is 12.1 Å². The lowest BCUT2D eigenvalue weighted by atomic mass is 9.80. The molecule has 21 heavy (non-hydrogen) atoms. The normalized spacial score (nSPS) is 25.7. The van der Waals surface area contributed by atoms with Crippen molar-refractivity contribution in [3.63, 3.8) is 0 Å². The molecule has 0 bridgehead atoms. The van der Waals surface area contributed by atoms with Gasteiger partial charge in [-0.15, -0.1) is 0 Å². The van der Waals surface area contributed by atoms with Crippen molar-refractivity contribution in [1.29, 1.82) is 0 Å². The minimum atomic E-state index is 0.253. The van der Waals surface area contributed by atoms with Gasteiger partial charge in [-0.05, 0) is 50.1 Å². The Labute approximate surface area is 132 Å². The summed E-state index contributed by atoms with van der Waals surface area (Å²) in [5, 5.41) is 0.660. The molecule has 0 aliphatic heterocycles. The first-order valence-electron chi connectivity index (χ1n) is 7.78. The number of ether oxygens (including phenoxy) is 2. The van der Waals surface area contributed by atoms with Gasteiger partial charge in [-0.25, -0.2) is 0 Å². The number of nitrogens with two attached hydrogens (primary N) is 1. The predicted octanol–water partition coefficient (Wildman–Crippen LogP) is 4.05. The van der Waals surface area contributed by atoms with Gasteiger partial charge in [0.25, 0.3) is 0 Å². The number of rotatable bonds is 5. The van der Waals surface area contributed by atoms with Crippen molar-refractivity contribution in [3.8, 4) is 11.5 Å². The average molecular weight is 312 g/mol. The first-order chi connectivity index (χ1) is 10.0. The van der Waals surface area contributed by atoms with Gasteiger partial charge in [0, 0.05) is 16.7 Å². The zero-order valence-electron chi connectivity index (χ0n) is 13.2. The summed E-state index contributed by atoms with van der Waals surface area (Å²) in [5.41, 5.74) is 6.74. The van der Waals surface area contributed by atoms with Crippen molar-refractivity contribution < 1.29 is 9.47 Å². The van der Waals surface area contributed by atoms with Crippen LogP contribution in [0.5, 0.6) is 11.5 Å². The lowest BCUT2D eigenvalue weighted by Gasteiger charge is -2.33. The van der Waals surface area contributed by atoms with E-state index in [0.717, 1.165) is 36.5 Å². The molecule has 3 unspecified atom stereocenters. The fraction of sp³-hybridized carbons (Fsp3) is 0.647. The molecule has 0 aromatic heterocycles. The van der Waals surface area contributed by atoms with Crippen LogP contribution in [-0.4, -0.2) is 19.8 Å². The Morgan fingerprint density at radius 2 is 2.00 bits per heavy atom. The van der Waals surface area contributed by atoms with Crippen LogP contribution in [0.1, 0.15) is 38.7 Å². The van der Waals surface area contributed by atoms with E-state index in [4.69, 9.17) is 26.8 Å². The minimum absolute atomic E-state index is 0.253. The highest BCUT2D eigenvalue weighted by molar-refractivity contribution is 6.30. The minimum Gasteiger partial charge on any atom is -0.493 e. The van der Waals surface area contributed by atoms with Gasteiger partial charge in [-0.2, -0.15) is 0 Å². The van der Waals surface area contributed by atoms with E-state index in [1.165, 1.54) is 6.42 Å². The Bertz CT molecular complexity index is 478. The monoisotopic (exact) mass is 311 g/mol. The highest BCUT2D eigenvalue weighted by Crippen LogP contribution is 2.39. The SMILES string of the molecule is COc1cc(Cl)cc(CCN)c1OC1CCC(C)C(C)C1. The fourth-order valence-corrected chi connectivity index (χ4v) is 3.25. The number of benzene rings is 1. The van der Waals surface area contributed by atoms with Gasteiger partial charge in [0.1, 0.15) is 0 Å². The molecule has 3 atom stereocenters. The van der Waals surface area contributed by atoms with Gasteiger partial charge in [-0.3, -0.25) is 0 Å². The molecule has 1 aromatic rings. The van der Waals surface area contributed by atoms with Gasteiger partial charge < -0.3 is 15.2 Å². The van der Waals surface area contributed by atoms with Crippen LogP contribution >= 0.6 is 11.6 Å². The Balaban J connectivity index is 2.21. The molecule has 0 amide bonds. The van der Waals surface area contributed by atoms with Crippen molar-refractivity contribution in [3.05, 3.63) is 22.7 Å². The maximum atomic E-state index is 6.30. The molecule has 1 aromatic carbocycles. The first kappa shape index (κ1) is 16.4. The summed E-state index contributed by atoms with van der Waals surface area (Å²) in [6, 6.07) is 3.74. The van der Waals surface area contributed by atoms with Gasteiger partial charge >= 0.3 is 0 Å². The van der Waals surface area contributed by atoms with E-state index < -0.39 is 0 Å². The second-order valence-electron chi connectivity index (χ2n) is 6.14. The zero-order valence-corrected chi connectivity index (χ0v) is 14.0. The molecule has 1 fully saturated rings. The molecular weight excluding hydrogens is 286 g/mol. The smallest absolute Gasteiger partial charge is 0.164 e.